The predicted octanol–water partition coefficient (Wildman–Crippen LogP) is 3.22. The molecule has 0 aliphatic carbocycles. The van der Waals surface area contributed by atoms with Gasteiger partial charge < -0.3 is 15.4 Å². The Hall–Kier alpha value is -0.650. The van der Waals surface area contributed by atoms with E-state index in [1.807, 2.05) is 12.1 Å². The topological polar surface area (TPSA) is 33.3 Å². The average molecular weight is 329 g/mol. The molecule has 0 aromatic heterocycles. The van der Waals surface area contributed by atoms with Crippen molar-refractivity contribution >= 4 is 38.9 Å². The van der Waals surface area contributed by atoms with E-state index >= 15 is 0 Å². The van der Waals surface area contributed by atoms with E-state index in [4.69, 9.17) is 17.0 Å². The highest BCUT2D eigenvalue weighted by Crippen LogP contribution is 2.19. The van der Waals surface area contributed by atoms with Gasteiger partial charge in [-0.1, -0.05) is 15.9 Å². The highest BCUT2D eigenvalue weighted by atomic mass is 79.9. The first-order valence-electron chi connectivity index (χ1n) is 6.08. The van der Waals surface area contributed by atoms with Crippen molar-refractivity contribution < 1.29 is 4.74 Å². The molecule has 1 atom stereocenters. The molecule has 0 radical (unpaired) electrons. The first-order valence-corrected chi connectivity index (χ1v) is 7.28. The standard InChI is InChI=1S/C13H17BrN2OS/c1-9-7-10(14)4-5-12(9)16-13(18)15-8-11-3-2-6-17-11/h4-5,7,11H,2-3,6,8H2,1H3,(H2,15,16,18). The molecule has 18 heavy (non-hydrogen) atoms. The number of nitrogens with one attached hydrogen (secondary N) is 2. The van der Waals surface area contributed by atoms with E-state index in [1.54, 1.807) is 0 Å². The molecule has 2 N–H and O–H groups in total. The monoisotopic (exact) mass is 328 g/mol. The van der Waals surface area contributed by atoms with E-state index in [1.165, 1.54) is 0 Å². The highest BCUT2D eigenvalue weighted by molar-refractivity contribution is 9.10. The number of hydrogen-bond acceptors (Lipinski definition) is 2. The number of benzene rings is 1. The van der Waals surface area contributed by atoms with Crippen LogP contribution in [-0.2, 0) is 4.74 Å². The molecule has 98 valence electrons. The summed E-state index contributed by atoms with van der Waals surface area (Å²) in [5.41, 5.74) is 2.19. The Morgan fingerprint density at radius 3 is 3.06 bits per heavy atom. The summed E-state index contributed by atoms with van der Waals surface area (Å²) in [4.78, 5) is 0. The molecule has 0 amide bonds. The van der Waals surface area contributed by atoms with Gasteiger partial charge in [0.25, 0.3) is 0 Å². The zero-order chi connectivity index (χ0) is 13.0. The van der Waals surface area contributed by atoms with Gasteiger partial charge in [0.05, 0.1) is 6.10 Å². The molecule has 0 spiro atoms. The van der Waals surface area contributed by atoms with E-state index in [0.717, 1.165) is 41.7 Å². The van der Waals surface area contributed by atoms with E-state index in [-0.39, 0.29) is 0 Å². The minimum Gasteiger partial charge on any atom is -0.376 e. The van der Waals surface area contributed by atoms with Crippen LogP contribution in [0.3, 0.4) is 0 Å². The van der Waals surface area contributed by atoms with Crippen LogP contribution in [0.2, 0.25) is 0 Å². The van der Waals surface area contributed by atoms with Gasteiger partial charge in [0.2, 0.25) is 0 Å². The van der Waals surface area contributed by atoms with Crippen molar-refractivity contribution in [2.45, 2.75) is 25.9 Å². The SMILES string of the molecule is Cc1cc(Br)ccc1NC(=S)NCC1CCCO1. The third-order valence-electron chi connectivity index (χ3n) is 2.95. The molecule has 1 aliphatic heterocycles. The summed E-state index contributed by atoms with van der Waals surface area (Å²) < 4.78 is 6.61. The van der Waals surface area contributed by atoms with Crippen LogP contribution in [-0.4, -0.2) is 24.4 Å². The Morgan fingerprint density at radius 1 is 1.56 bits per heavy atom. The zero-order valence-corrected chi connectivity index (χ0v) is 12.7. The van der Waals surface area contributed by atoms with E-state index in [0.29, 0.717) is 11.2 Å². The number of ether oxygens (including phenoxy) is 1. The Bertz CT molecular complexity index is 433. The number of aryl methyl sites for hydroxylation is 1. The highest BCUT2D eigenvalue weighted by Gasteiger charge is 2.15. The number of hydrogen-bond donors (Lipinski definition) is 2. The lowest BCUT2D eigenvalue weighted by molar-refractivity contribution is 0.114. The summed E-state index contributed by atoms with van der Waals surface area (Å²) in [6, 6.07) is 6.07. The van der Waals surface area contributed by atoms with Crippen LogP contribution in [0.4, 0.5) is 5.69 Å². The third-order valence-corrected chi connectivity index (χ3v) is 3.69. The van der Waals surface area contributed by atoms with Crippen LogP contribution < -0.4 is 10.6 Å². The van der Waals surface area contributed by atoms with E-state index in [9.17, 15) is 0 Å². The smallest absolute Gasteiger partial charge is 0.170 e. The van der Waals surface area contributed by atoms with Crippen molar-refractivity contribution in [1.82, 2.24) is 5.32 Å². The van der Waals surface area contributed by atoms with Crippen LogP contribution in [0.25, 0.3) is 0 Å². The Labute approximate surface area is 121 Å². The van der Waals surface area contributed by atoms with Gasteiger partial charge in [-0.2, -0.15) is 0 Å². The van der Waals surface area contributed by atoms with Crippen LogP contribution in [0.1, 0.15) is 18.4 Å². The Balaban J connectivity index is 1.82. The van der Waals surface area contributed by atoms with Gasteiger partial charge in [0.1, 0.15) is 0 Å². The van der Waals surface area contributed by atoms with Crippen molar-refractivity contribution in [1.29, 1.82) is 0 Å². The van der Waals surface area contributed by atoms with Crippen molar-refractivity contribution in [3.05, 3.63) is 28.2 Å². The summed E-state index contributed by atoms with van der Waals surface area (Å²) in [7, 11) is 0. The first-order chi connectivity index (χ1) is 8.65. The number of anilines is 1. The number of rotatable bonds is 3. The fraction of sp³-hybridized carbons (Fsp3) is 0.462. The zero-order valence-electron chi connectivity index (χ0n) is 10.3. The average Bonchev–Trinajstić information content (AvgIpc) is 2.83. The second-order valence-corrected chi connectivity index (χ2v) is 5.75. The van der Waals surface area contributed by atoms with Gasteiger partial charge in [-0.3, -0.25) is 0 Å². The van der Waals surface area contributed by atoms with Gasteiger partial charge in [-0.25, -0.2) is 0 Å². The number of halogens is 1. The summed E-state index contributed by atoms with van der Waals surface area (Å²) >= 11 is 8.72. The molecule has 3 nitrogen and oxygen atoms in total. The third kappa shape index (κ3) is 3.93. The summed E-state index contributed by atoms with van der Waals surface area (Å²) in [5, 5.41) is 7.05. The Kier molecular flexibility index (Phi) is 4.97. The molecule has 1 saturated heterocycles. The maximum Gasteiger partial charge on any atom is 0.170 e. The molecule has 1 heterocycles. The summed E-state index contributed by atoms with van der Waals surface area (Å²) in [5.74, 6) is 0. The largest absolute Gasteiger partial charge is 0.376 e. The summed E-state index contributed by atoms with van der Waals surface area (Å²) in [6.45, 7) is 3.70. The van der Waals surface area contributed by atoms with Crippen LogP contribution in [0, 0.1) is 6.92 Å². The van der Waals surface area contributed by atoms with E-state index in [2.05, 4.69) is 39.6 Å². The molecular weight excluding hydrogens is 312 g/mol. The Morgan fingerprint density at radius 2 is 2.39 bits per heavy atom. The quantitative estimate of drug-likeness (QED) is 0.835. The van der Waals surface area contributed by atoms with E-state index < -0.39 is 0 Å². The van der Waals surface area contributed by atoms with Crippen molar-refractivity contribution in [3.63, 3.8) is 0 Å². The van der Waals surface area contributed by atoms with Gasteiger partial charge in [0.15, 0.2) is 5.11 Å². The molecule has 1 fully saturated rings. The minimum absolute atomic E-state index is 0.302. The molecule has 5 heteroatoms. The molecule has 2 rings (SSSR count). The van der Waals surface area contributed by atoms with Crippen LogP contribution >= 0.6 is 28.1 Å². The fourth-order valence-electron chi connectivity index (χ4n) is 1.95. The summed E-state index contributed by atoms with van der Waals surface area (Å²) in [6.07, 6.45) is 2.57. The van der Waals surface area contributed by atoms with Gasteiger partial charge >= 0.3 is 0 Å². The maximum atomic E-state index is 5.54. The number of thiocarbonyl (C=S) groups is 1. The van der Waals surface area contributed by atoms with Crippen molar-refractivity contribution in [2.24, 2.45) is 0 Å². The normalized spacial score (nSPS) is 18.7. The second-order valence-electron chi connectivity index (χ2n) is 4.43. The predicted molar refractivity (Wildman–Crippen MR) is 82.1 cm³/mol. The molecule has 0 saturated carbocycles. The molecular formula is C13H17BrN2OS. The van der Waals surface area contributed by atoms with Crippen molar-refractivity contribution in [3.8, 4) is 0 Å². The van der Waals surface area contributed by atoms with Gasteiger partial charge in [0, 0.05) is 23.3 Å². The lowest BCUT2D eigenvalue weighted by Gasteiger charge is -2.15. The second kappa shape index (κ2) is 6.50. The minimum atomic E-state index is 0.302. The molecule has 0 bridgehead atoms. The van der Waals surface area contributed by atoms with Crippen LogP contribution in [0.5, 0.6) is 0 Å². The van der Waals surface area contributed by atoms with Crippen LogP contribution in [0.15, 0.2) is 22.7 Å². The van der Waals surface area contributed by atoms with Crippen molar-refractivity contribution in [2.75, 3.05) is 18.5 Å². The first kappa shape index (κ1) is 13.8. The molecule has 1 aliphatic rings. The lowest BCUT2D eigenvalue weighted by Crippen LogP contribution is -2.34. The lowest BCUT2D eigenvalue weighted by atomic mass is 10.2. The molecule has 1 unspecified atom stereocenters. The van der Waals surface area contributed by atoms with Gasteiger partial charge in [-0.05, 0) is 55.7 Å². The maximum absolute atomic E-state index is 5.54. The molecule has 1 aromatic rings. The molecule has 1 aromatic carbocycles. The fourth-order valence-corrected chi connectivity index (χ4v) is 2.61. The van der Waals surface area contributed by atoms with Gasteiger partial charge in [-0.15, -0.1) is 0 Å².